The van der Waals surface area contributed by atoms with Crippen LogP contribution in [0.5, 0.6) is 0 Å². The van der Waals surface area contributed by atoms with E-state index in [0.717, 1.165) is 18.5 Å². The highest BCUT2D eigenvalue weighted by molar-refractivity contribution is 7.71. The molecule has 0 aliphatic carbocycles. The lowest BCUT2D eigenvalue weighted by Gasteiger charge is -2.31. The van der Waals surface area contributed by atoms with Crippen LogP contribution in [0.3, 0.4) is 0 Å². The number of aromatic nitrogens is 2. The normalized spacial score (nSPS) is 16.0. The minimum Gasteiger partial charge on any atom is -0.396 e. The molecule has 0 atom stereocenters. The maximum Gasteiger partial charge on any atom is 0.272 e. The number of carbonyl (C=O) groups excluding carboxylic acids is 1. The Morgan fingerprint density at radius 2 is 1.95 bits per heavy atom. The number of imidazole rings is 1. The molecule has 1 amide bonds. The molecule has 0 saturated carbocycles. The average molecular weight is 317 g/mol. The molecule has 1 aliphatic rings. The summed E-state index contributed by atoms with van der Waals surface area (Å²) in [6.07, 6.45) is 3.37. The Hall–Kier alpha value is -1.92. The van der Waals surface area contributed by atoms with Crippen molar-refractivity contribution < 1.29 is 9.90 Å². The van der Waals surface area contributed by atoms with E-state index in [4.69, 9.17) is 12.2 Å². The second-order valence-corrected chi connectivity index (χ2v) is 5.95. The summed E-state index contributed by atoms with van der Waals surface area (Å²) < 4.78 is 2.29. The monoisotopic (exact) mass is 317 g/mol. The van der Waals surface area contributed by atoms with Gasteiger partial charge in [0, 0.05) is 31.6 Å². The number of carbonyl (C=O) groups is 1. The minimum atomic E-state index is -0.0207. The lowest BCUT2D eigenvalue weighted by molar-refractivity contribution is 0.0643. The number of hydrogen-bond acceptors (Lipinski definition) is 3. The number of amides is 1. The van der Waals surface area contributed by atoms with Crippen LogP contribution in [0.1, 0.15) is 23.3 Å². The molecule has 1 aliphatic heterocycles. The van der Waals surface area contributed by atoms with Crippen molar-refractivity contribution in [3.63, 3.8) is 0 Å². The van der Waals surface area contributed by atoms with E-state index < -0.39 is 0 Å². The highest BCUT2D eigenvalue weighted by Gasteiger charge is 2.25. The van der Waals surface area contributed by atoms with Gasteiger partial charge in [0.1, 0.15) is 5.69 Å². The lowest BCUT2D eigenvalue weighted by Crippen LogP contribution is -2.39. The summed E-state index contributed by atoms with van der Waals surface area (Å²) in [6, 6.07) is 9.63. The van der Waals surface area contributed by atoms with Crippen LogP contribution in [0.2, 0.25) is 0 Å². The van der Waals surface area contributed by atoms with Crippen molar-refractivity contribution in [2.45, 2.75) is 12.8 Å². The van der Waals surface area contributed by atoms with Crippen LogP contribution in [0.25, 0.3) is 5.69 Å². The van der Waals surface area contributed by atoms with Gasteiger partial charge in [-0.1, -0.05) is 18.2 Å². The Morgan fingerprint density at radius 3 is 2.59 bits per heavy atom. The SMILES string of the molecule is O=C(c1c[nH]c(=S)n1-c1ccccc1)N1CCC(CO)CC1. The predicted octanol–water partition coefficient (Wildman–Crippen LogP) is 2.38. The van der Waals surface area contributed by atoms with Gasteiger partial charge in [0.05, 0.1) is 0 Å². The van der Waals surface area contributed by atoms with Crippen molar-refractivity contribution in [1.29, 1.82) is 0 Å². The first-order valence-electron chi connectivity index (χ1n) is 7.46. The number of aliphatic hydroxyl groups excluding tert-OH is 1. The van der Waals surface area contributed by atoms with Gasteiger partial charge in [-0.3, -0.25) is 9.36 Å². The van der Waals surface area contributed by atoms with Crippen LogP contribution in [-0.4, -0.2) is 45.2 Å². The maximum atomic E-state index is 12.8. The third-order valence-electron chi connectivity index (χ3n) is 4.17. The molecule has 0 spiro atoms. The molecule has 3 rings (SSSR count). The van der Waals surface area contributed by atoms with E-state index in [-0.39, 0.29) is 12.5 Å². The molecule has 0 unspecified atom stereocenters. The van der Waals surface area contributed by atoms with E-state index in [9.17, 15) is 9.90 Å². The number of benzene rings is 1. The minimum absolute atomic E-state index is 0.0207. The van der Waals surface area contributed by atoms with Crippen LogP contribution in [0.15, 0.2) is 36.5 Å². The van der Waals surface area contributed by atoms with E-state index in [1.807, 2.05) is 35.2 Å². The van der Waals surface area contributed by atoms with Gasteiger partial charge in [0.15, 0.2) is 4.77 Å². The topological polar surface area (TPSA) is 61.3 Å². The number of piperidine rings is 1. The summed E-state index contributed by atoms with van der Waals surface area (Å²) >= 11 is 5.32. The molecule has 116 valence electrons. The summed E-state index contributed by atoms with van der Waals surface area (Å²) in [5.41, 5.74) is 1.43. The summed E-state index contributed by atoms with van der Waals surface area (Å²) in [7, 11) is 0. The van der Waals surface area contributed by atoms with Crippen LogP contribution in [-0.2, 0) is 0 Å². The second kappa shape index (κ2) is 6.46. The number of rotatable bonds is 3. The molecule has 1 fully saturated rings. The van der Waals surface area contributed by atoms with Crippen LogP contribution in [0.4, 0.5) is 0 Å². The Kier molecular flexibility index (Phi) is 4.40. The fourth-order valence-electron chi connectivity index (χ4n) is 2.84. The largest absolute Gasteiger partial charge is 0.396 e. The van der Waals surface area contributed by atoms with Crippen molar-refractivity contribution in [3.05, 3.63) is 47.0 Å². The first kappa shape index (κ1) is 15.0. The lowest BCUT2D eigenvalue weighted by atomic mass is 9.98. The third-order valence-corrected chi connectivity index (χ3v) is 4.47. The molecular formula is C16H19N3O2S. The predicted molar refractivity (Wildman–Crippen MR) is 86.7 cm³/mol. The van der Waals surface area contributed by atoms with Gasteiger partial charge in [-0.05, 0) is 43.1 Å². The summed E-state index contributed by atoms with van der Waals surface area (Å²) in [4.78, 5) is 17.6. The highest BCUT2D eigenvalue weighted by atomic mass is 32.1. The van der Waals surface area contributed by atoms with Crippen molar-refractivity contribution in [1.82, 2.24) is 14.5 Å². The number of para-hydroxylation sites is 1. The molecule has 1 aromatic heterocycles. The highest BCUT2D eigenvalue weighted by Crippen LogP contribution is 2.20. The molecule has 5 nitrogen and oxygen atoms in total. The Bertz CT molecular complexity index is 700. The Balaban J connectivity index is 1.87. The van der Waals surface area contributed by atoms with Crippen LogP contribution in [0, 0.1) is 10.7 Å². The molecule has 2 aromatic rings. The Labute approximate surface area is 134 Å². The number of H-pyrrole nitrogens is 1. The fraction of sp³-hybridized carbons (Fsp3) is 0.375. The van der Waals surface area contributed by atoms with Gasteiger partial charge in [-0.15, -0.1) is 0 Å². The molecule has 0 radical (unpaired) electrons. The zero-order valence-electron chi connectivity index (χ0n) is 12.2. The van der Waals surface area contributed by atoms with Gasteiger partial charge < -0.3 is 15.0 Å². The molecule has 2 N–H and O–H groups in total. The van der Waals surface area contributed by atoms with Gasteiger partial charge in [-0.25, -0.2) is 0 Å². The van der Waals surface area contributed by atoms with E-state index in [1.165, 1.54) is 0 Å². The Morgan fingerprint density at radius 1 is 1.27 bits per heavy atom. The van der Waals surface area contributed by atoms with E-state index in [0.29, 0.717) is 29.5 Å². The number of nitrogens with zero attached hydrogens (tertiary/aromatic N) is 2. The molecule has 1 aromatic carbocycles. The summed E-state index contributed by atoms with van der Waals surface area (Å²) in [5, 5.41) is 9.20. The fourth-order valence-corrected chi connectivity index (χ4v) is 3.10. The zero-order chi connectivity index (χ0) is 15.5. The van der Waals surface area contributed by atoms with Crippen molar-refractivity contribution >= 4 is 18.1 Å². The van der Waals surface area contributed by atoms with Gasteiger partial charge in [-0.2, -0.15) is 0 Å². The molecule has 1 saturated heterocycles. The maximum absolute atomic E-state index is 12.8. The number of nitrogens with one attached hydrogen (secondary N) is 1. The third kappa shape index (κ3) is 2.84. The number of hydrogen-bond donors (Lipinski definition) is 2. The number of aliphatic hydroxyl groups is 1. The van der Waals surface area contributed by atoms with Crippen molar-refractivity contribution in [2.75, 3.05) is 19.7 Å². The molecular weight excluding hydrogens is 298 g/mol. The second-order valence-electron chi connectivity index (χ2n) is 5.57. The zero-order valence-corrected chi connectivity index (χ0v) is 13.1. The van der Waals surface area contributed by atoms with Crippen molar-refractivity contribution in [3.8, 4) is 5.69 Å². The standard InChI is InChI=1S/C16H19N3O2S/c20-11-12-6-8-18(9-7-12)15(21)14-10-17-16(22)19(14)13-4-2-1-3-5-13/h1-5,10,12,20H,6-9,11H2,(H,17,22). The smallest absolute Gasteiger partial charge is 0.272 e. The molecule has 2 heterocycles. The van der Waals surface area contributed by atoms with Crippen LogP contribution >= 0.6 is 12.2 Å². The van der Waals surface area contributed by atoms with E-state index in [2.05, 4.69) is 4.98 Å². The first-order valence-corrected chi connectivity index (χ1v) is 7.87. The summed E-state index contributed by atoms with van der Waals surface area (Å²) in [6.45, 7) is 1.56. The van der Waals surface area contributed by atoms with Gasteiger partial charge >= 0.3 is 0 Å². The summed E-state index contributed by atoms with van der Waals surface area (Å²) in [5.74, 6) is 0.290. The number of likely N-dealkylation sites (tertiary alicyclic amines) is 1. The first-order chi connectivity index (χ1) is 10.7. The van der Waals surface area contributed by atoms with Crippen LogP contribution < -0.4 is 0 Å². The molecule has 22 heavy (non-hydrogen) atoms. The molecule has 0 bridgehead atoms. The van der Waals surface area contributed by atoms with E-state index in [1.54, 1.807) is 10.8 Å². The average Bonchev–Trinajstić information content (AvgIpc) is 2.96. The van der Waals surface area contributed by atoms with E-state index >= 15 is 0 Å². The molecule has 6 heteroatoms. The number of aromatic amines is 1. The van der Waals surface area contributed by atoms with Crippen molar-refractivity contribution in [2.24, 2.45) is 5.92 Å². The van der Waals surface area contributed by atoms with Gasteiger partial charge in [0.2, 0.25) is 0 Å². The quantitative estimate of drug-likeness (QED) is 0.855. The van der Waals surface area contributed by atoms with Gasteiger partial charge in [0.25, 0.3) is 5.91 Å².